The van der Waals surface area contributed by atoms with Gasteiger partial charge in [-0.3, -0.25) is 13.9 Å². The van der Waals surface area contributed by atoms with Crippen LogP contribution in [0.5, 0.6) is 0 Å². The maximum Gasteiger partial charge on any atom is 0.416 e. The molecule has 0 unspecified atom stereocenters. The molecule has 0 atom stereocenters. The maximum absolute atomic E-state index is 13.4. The Balaban J connectivity index is 1.93. The standard InChI is InChI=1S/C23H24ClF3N2O5S/c1-2-34-22(31)16-10-12-28(13-11-16)21(30)15-29(35(32,33)18-6-4-3-5-7-18)20-14-17(23(25,26)27)8-9-19(20)24/h3-9,14,16H,2,10-13,15H2,1H3. The first-order chi connectivity index (χ1) is 16.4. The lowest BCUT2D eigenvalue weighted by atomic mass is 9.97. The van der Waals surface area contributed by atoms with E-state index in [2.05, 4.69) is 0 Å². The summed E-state index contributed by atoms with van der Waals surface area (Å²) in [5.74, 6) is -1.36. The van der Waals surface area contributed by atoms with Gasteiger partial charge in [-0.1, -0.05) is 29.8 Å². The zero-order chi connectivity index (χ0) is 25.8. The highest BCUT2D eigenvalue weighted by atomic mass is 35.5. The molecule has 0 bridgehead atoms. The zero-order valence-electron chi connectivity index (χ0n) is 18.8. The minimum Gasteiger partial charge on any atom is -0.466 e. The van der Waals surface area contributed by atoms with E-state index in [-0.39, 0.29) is 41.5 Å². The largest absolute Gasteiger partial charge is 0.466 e. The molecule has 1 amide bonds. The van der Waals surface area contributed by atoms with Crippen molar-refractivity contribution in [3.8, 4) is 0 Å². The highest BCUT2D eigenvalue weighted by molar-refractivity contribution is 7.92. The van der Waals surface area contributed by atoms with Gasteiger partial charge in [0.25, 0.3) is 10.0 Å². The molecule has 1 fully saturated rings. The van der Waals surface area contributed by atoms with Gasteiger partial charge >= 0.3 is 12.1 Å². The number of alkyl halides is 3. The van der Waals surface area contributed by atoms with E-state index in [1.165, 1.54) is 29.2 Å². The van der Waals surface area contributed by atoms with Crippen molar-refractivity contribution >= 4 is 39.2 Å². The molecule has 2 aromatic rings. The van der Waals surface area contributed by atoms with E-state index in [1.807, 2.05) is 0 Å². The lowest BCUT2D eigenvalue weighted by Gasteiger charge is -2.33. The number of rotatable bonds is 7. The number of halogens is 4. The van der Waals surface area contributed by atoms with Crippen LogP contribution in [-0.2, 0) is 30.5 Å². The molecule has 1 aliphatic rings. The third-order valence-electron chi connectivity index (χ3n) is 5.62. The van der Waals surface area contributed by atoms with Crippen LogP contribution in [0.4, 0.5) is 18.9 Å². The van der Waals surface area contributed by atoms with Crippen LogP contribution in [-0.4, -0.2) is 51.4 Å². The number of hydrogen-bond acceptors (Lipinski definition) is 5. The average molecular weight is 533 g/mol. The van der Waals surface area contributed by atoms with E-state index in [0.717, 1.165) is 12.1 Å². The summed E-state index contributed by atoms with van der Waals surface area (Å²) >= 11 is 6.14. The number of carbonyl (C=O) groups is 2. The molecule has 0 N–H and O–H groups in total. The molecule has 2 aromatic carbocycles. The first kappa shape index (κ1) is 26.8. The van der Waals surface area contributed by atoms with Gasteiger partial charge in [-0.15, -0.1) is 0 Å². The van der Waals surface area contributed by atoms with Crippen molar-refractivity contribution in [2.24, 2.45) is 5.92 Å². The van der Waals surface area contributed by atoms with Crippen molar-refractivity contribution in [1.82, 2.24) is 4.90 Å². The maximum atomic E-state index is 13.4. The highest BCUT2D eigenvalue weighted by Gasteiger charge is 2.36. The lowest BCUT2D eigenvalue weighted by molar-refractivity contribution is -0.151. The van der Waals surface area contributed by atoms with E-state index < -0.39 is 39.9 Å². The molecule has 12 heteroatoms. The van der Waals surface area contributed by atoms with E-state index in [0.29, 0.717) is 23.2 Å². The van der Waals surface area contributed by atoms with Gasteiger partial charge in [0, 0.05) is 13.1 Å². The smallest absolute Gasteiger partial charge is 0.416 e. The number of amides is 1. The van der Waals surface area contributed by atoms with Crippen molar-refractivity contribution in [1.29, 1.82) is 0 Å². The van der Waals surface area contributed by atoms with Crippen molar-refractivity contribution < 1.29 is 35.9 Å². The first-order valence-corrected chi connectivity index (χ1v) is 12.7. The van der Waals surface area contributed by atoms with Gasteiger partial charge < -0.3 is 9.64 Å². The van der Waals surface area contributed by atoms with E-state index in [1.54, 1.807) is 13.0 Å². The van der Waals surface area contributed by atoms with Gasteiger partial charge in [0.1, 0.15) is 6.54 Å². The number of hydrogen-bond donors (Lipinski definition) is 0. The number of benzene rings is 2. The SMILES string of the molecule is CCOC(=O)C1CCN(C(=O)CN(c2cc(C(F)(F)F)ccc2Cl)S(=O)(=O)c2ccccc2)CC1. The van der Waals surface area contributed by atoms with Crippen molar-refractivity contribution in [3.63, 3.8) is 0 Å². The summed E-state index contributed by atoms with van der Waals surface area (Å²) in [5, 5.41) is -0.258. The minimum atomic E-state index is -4.75. The molecule has 0 saturated carbocycles. The number of sulfonamides is 1. The Bertz CT molecular complexity index is 1170. The number of ether oxygens (including phenoxy) is 1. The quantitative estimate of drug-likeness (QED) is 0.495. The fourth-order valence-corrected chi connectivity index (χ4v) is 5.46. The van der Waals surface area contributed by atoms with Gasteiger partial charge in [-0.25, -0.2) is 8.42 Å². The fraction of sp³-hybridized carbons (Fsp3) is 0.391. The molecular formula is C23H24ClF3N2O5S. The number of esters is 1. The molecule has 190 valence electrons. The van der Waals surface area contributed by atoms with Crippen LogP contribution in [0.25, 0.3) is 0 Å². The van der Waals surface area contributed by atoms with E-state index >= 15 is 0 Å². The Morgan fingerprint density at radius 1 is 1.11 bits per heavy atom. The van der Waals surface area contributed by atoms with Crippen LogP contribution in [0.1, 0.15) is 25.3 Å². The Hall–Kier alpha value is -2.79. The number of likely N-dealkylation sites (tertiary alicyclic amines) is 1. The zero-order valence-corrected chi connectivity index (χ0v) is 20.4. The summed E-state index contributed by atoms with van der Waals surface area (Å²) in [6, 6.07) is 9.35. The molecule has 0 aliphatic carbocycles. The van der Waals surface area contributed by atoms with E-state index in [9.17, 15) is 31.2 Å². The van der Waals surface area contributed by atoms with Crippen molar-refractivity contribution in [3.05, 3.63) is 59.1 Å². The molecule has 3 rings (SSSR count). The highest BCUT2D eigenvalue weighted by Crippen LogP contribution is 2.37. The second-order valence-electron chi connectivity index (χ2n) is 7.90. The minimum absolute atomic E-state index is 0.178. The molecule has 0 spiro atoms. The second kappa shape index (κ2) is 10.9. The van der Waals surface area contributed by atoms with Crippen LogP contribution >= 0.6 is 11.6 Å². The Kier molecular flexibility index (Phi) is 8.32. The Labute approximate surface area is 206 Å². The van der Waals surface area contributed by atoms with Gasteiger partial charge in [-0.2, -0.15) is 13.2 Å². The van der Waals surface area contributed by atoms with Gasteiger partial charge in [0.05, 0.1) is 33.7 Å². The molecule has 1 aliphatic heterocycles. The summed E-state index contributed by atoms with van der Waals surface area (Å²) < 4.78 is 72.6. The monoisotopic (exact) mass is 532 g/mol. The molecule has 0 radical (unpaired) electrons. The number of nitrogens with zero attached hydrogens (tertiary/aromatic N) is 2. The number of carbonyl (C=O) groups excluding carboxylic acids is 2. The predicted molar refractivity (Wildman–Crippen MR) is 123 cm³/mol. The van der Waals surface area contributed by atoms with Crippen LogP contribution in [0.3, 0.4) is 0 Å². The van der Waals surface area contributed by atoms with Crippen molar-refractivity contribution in [2.75, 3.05) is 30.5 Å². The Morgan fingerprint density at radius 3 is 2.31 bits per heavy atom. The third kappa shape index (κ3) is 6.26. The molecular weight excluding hydrogens is 509 g/mol. The van der Waals surface area contributed by atoms with Gasteiger partial charge in [0.2, 0.25) is 5.91 Å². The normalized spacial score (nSPS) is 15.1. The fourth-order valence-electron chi connectivity index (χ4n) is 3.75. The van der Waals surface area contributed by atoms with Crippen LogP contribution < -0.4 is 4.31 Å². The van der Waals surface area contributed by atoms with Crippen LogP contribution in [0, 0.1) is 5.92 Å². The van der Waals surface area contributed by atoms with Crippen LogP contribution in [0.2, 0.25) is 5.02 Å². The molecule has 35 heavy (non-hydrogen) atoms. The van der Waals surface area contributed by atoms with E-state index in [4.69, 9.17) is 16.3 Å². The summed E-state index contributed by atoms with van der Waals surface area (Å²) in [5.41, 5.74) is -1.56. The number of piperidine rings is 1. The topological polar surface area (TPSA) is 84.0 Å². The van der Waals surface area contributed by atoms with Gasteiger partial charge in [-0.05, 0) is 50.1 Å². The Morgan fingerprint density at radius 2 is 1.74 bits per heavy atom. The summed E-state index contributed by atoms with van der Waals surface area (Å²) in [6.07, 6.45) is -4.08. The lowest BCUT2D eigenvalue weighted by Crippen LogP contribution is -2.47. The summed E-state index contributed by atoms with van der Waals surface area (Å²) in [7, 11) is -4.44. The van der Waals surface area contributed by atoms with Crippen LogP contribution in [0.15, 0.2) is 53.4 Å². The van der Waals surface area contributed by atoms with Crippen molar-refractivity contribution in [2.45, 2.75) is 30.8 Å². The third-order valence-corrected chi connectivity index (χ3v) is 7.71. The average Bonchev–Trinajstić information content (AvgIpc) is 2.83. The molecule has 7 nitrogen and oxygen atoms in total. The predicted octanol–water partition coefficient (Wildman–Crippen LogP) is 4.36. The number of anilines is 1. The second-order valence-corrected chi connectivity index (χ2v) is 10.2. The molecule has 1 heterocycles. The molecule has 0 aromatic heterocycles. The molecule has 1 saturated heterocycles. The summed E-state index contributed by atoms with van der Waals surface area (Å²) in [4.78, 5) is 26.2. The van der Waals surface area contributed by atoms with Gasteiger partial charge in [0.15, 0.2) is 0 Å². The summed E-state index contributed by atoms with van der Waals surface area (Å²) in [6.45, 7) is 1.53. The first-order valence-electron chi connectivity index (χ1n) is 10.8.